The van der Waals surface area contributed by atoms with Crippen LogP contribution in [0, 0.1) is 0 Å². The summed E-state index contributed by atoms with van der Waals surface area (Å²) < 4.78 is 45.0. The maximum Gasteiger partial charge on any atom is 0.416 e. The minimum Gasteiger partial charge on any atom is -0.368 e. The quantitative estimate of drug-likeness (QED) is 0.475. The summed E-state index contributed by atoms with van der Waals surface area (Å²) in [5.74, 6) is 0. The molecule has 1 aliphatic rings. The molecule has 0 spiro atoms. The van der Waals surface area contributed by atoms with E-state index in [-0.39, 0.29) is 12.1 Å². The van der Waals surface area contributed by atoms with Gasteiger partial charge in [0.2, 0.25) is 0 Å². The number of hydrogen-bond acceptors (Lipinski definition) is 2. The van der Waals surface area contributed by atoms with Gasteiger partial charge in [-0.3, -0.25) is 4.90 Å². The largest absolute Gasteiger partial charge is 0.416 e. The summed E-state index contributed by atoms with van der Waals surface area (Å²) in [6, 6.07) is 26.2. The van der Waals surface area contributed by atoms with Gasteiger partial charge in [0.05, 0.1) is 23.8 Å². The lowest BCUT2D eigenvalue weighted by Crippen LogP contribution is -2.53. The number of likely N-dealkylation sites (tertiary alicyclic amines) is 1. The summed E-state index contributed by atoms with van der Waals surface area (Å²) in [7, 11) is 0. The normalized spacial score (nSPS) is 16.4. The zero-order valence-corrected chi connectivity index (χ0v) is 16.7. The number of alkyl halides is 3. The van der Waals surface area contributed by atoms with Gasteiger partial charge >= 0.3 is 6.18 Å². The van der Waals surface area contributed by atoms with Crippen LogP contribution in [0.1, 0.15) is 41.3 Å². The van der Waals surface area contributed by atoms with Crippen LogP contribution in [0.5, 0.6) is 0 Å². The summed E-state index contributed by atoms with van der Waals surface area (Å²) in [6.07, 6.45) is -4.75. The Morgan fingerprint density at radius 1 is 0.800 bits per heavy atom. The van der Waals surface area contributed by atoms with E-state index in [1.54, 1.807) is 6.07 Å². The maximum absolute atomic E-state index is 13.0. The van der Waals surface area contributed by atoms with Gasteiger partial charge in [0, 0.05) is 13.1 Å². The van der Waals surface area contributed by atoms with Crippen molar-refractivity contribution in [3.63, 3.8) is 0 Å². The summed E-state index contributed by atoms with van der Waals surface area (Å²) in [6.45, 7) is 3.28. The highest BCUT2D eigenvalue weighted by Crippen LogP contribution is 2.35. The molecule has 0 N–H and O–H groups in total. The highest BCUT2D eigenvalue weighted by Gasteiger charge is 2.36. The molecule has 3 aromatic rings. The van der Waals surface area contributed by atoms with Crippen molar-refractivity contribution in [3.8, 4) is 0 Å². The topological polar surface area (TPSA) is 12.5 Å². The summed E-state index contributed by atoms with van der Waals surface area (Å²) >= 11 is 0. The third kappa shape index (κ3) is 4.58. The number of benzene rings is 3. The van der Waals surface area contributed by atoms with E-state index in [1.807, 2.05) is 43.3 Å². The first-order chi connectivity index (χ1) is 14.4. The Hall–Kier alpha value is -2.63. The van der Waals surface area contributed by atoms with E-state index in [1.165, 1.54) is 23.3 Å². The van der Waals surface area contributed by atoms with Crippen molar-refractivity contribution in [2.75, 3.05) is 13.1 Å². The van der Waals surface area contributed by atoms with Gasteiger partial charge in [-0.15, -0.1) is 0 Å². The predicted octanol–water partition coefficient (Wildman–Crippen LogP) is 6.26. The zero-order chi connectivity index (χ0) is 21.1. The number of halogens is 3. The van der Waals surface area contributed by atoms with Crippen LogP contribution in [-0.4, -0.2) is 24.1 Å². The molecule has 1 unspecified atom stereocenters. The Morgan fingerprint density at radius 3 is 1.87 bits per heavy atom. The fraction of sp³-hybridized carbons (Fsp3) is 0.280. The number of hydrogen-bond donors (Lipinski definition) is 0. The maximum atomic E-state index is 13.0. The molecular weight excluding hydrogens is 387 g/mol. The molecule has 156 valence electrons. The van der Waals surface area contributed by atoms with E-state index >= 15 is 0 Å². The third-order valence-corrected chi connectivity index (χ3v) is 5.55. The number of nitrogens with zero attached hydrogens (tertiary/aromatic N) is 1. The smallest absolute Gasteiger partial charge is 0.368 e. The van der Waals surface area contributed by atoms with Crippen molar-refractivity contribution in [1.82, 2.24) is 4.90 Å². The molecule has 1 atom stereocenters. The first-order valence-corrected chi connectivity index (χ1v) is 10.1. The lowest BCUT2D eigenvalue weighted by molar-refractivity contribution is -0.137. The van der Waals surface area contributed by atoms with Crippen LogP contribution in [0.15, 0.2) is 84.9 Å². The molecule has 30 heavy (non-hydrogen) atoms. The molecule has 0 saturated carbocycles. The third-order valence-electron chi connectivity index (χ3n) is 5.55. The molecule has 5 heteroatoms. The van der Waals surface area contributed by atoms with Gasteiger partial charge in [0.15, 0.2) is 0 Å². The molecule has 0 aromatic heterocycles. The van der Waals surface area contributed by atoms with Crippen LogP contribution in [-0.2, 0) is 10.9 Å². The van der Waals surface area contributed by atoms with Gasteiger partial charge in [-0.05, 0) is 35.7 Å². The lowest BCUT2D eigenvalue weighted by atomic mass is 9.93. The van der Waals surface area contributed by atoms with Gasteiger partial charge in [-0.1, -0.05) is 72.8 Å². The second kappa shape index (κ2) is 8.62. The predicted molar refractivity (Wildman–Crippen MR) is 111 cm³/mol. The Kier molecular flexibility index (Phi) is 5.93. The molecule has 3 aromatic carbocycles. The molecule has 1 aliphatic heterocycles. The Labute approximate surface area is 174 Å². The fourth-order valence-corrected chi connectivity index (χ4v) is 3.99. The summed E-state index contributed by atoms with van der Waals surface area (Å²) in [4.78, 5) is 2.34. The van der Waals surface area contributed by atoms with E-state index in [9.17, 15) is 13.2 Å². The molecule has 0 radical (unpaired) electrons. The average molecular weight is 411 g/mol. The second-order valence-electron chi connectivity index (χ2n) is 7.70. The molecule has 0 aliphatic carbocycles. The first kappa shape index (κ1) is 20.6. The van der Waals surface area contributed by atoms with Crippen LogP contribution in [0.25, 0.3) is 0 Å². The molecule has 1 saturated heterocycles. The minimum atomic E-state index is -4.35. The van der Waals surface area contributed by atoms with E-state index in [4.69, 9.17) is 4.74 Å². The number of ether oxygens (including phenoxy) is 1. The molecule has 0 bridgehead atoms. The molecule has 1 heterocycles. The van der Waals surface area contributed by atoms with Crippen LogP contribution in [0.3, 0.4) is 0 Å². The SMILES string of the molecule is CC(OC1CN(C(c2ccccc2)c2ccccc2)C1)c1cccc(C(F)(F)F)c1. The van der Waals surface area contributed by atoms with Crippen LogP contribution < -0.4 is 0 Å². The fourth-order valence-electron chi connectivity index (χ4n) is 3.99. The van der Waals surface area contributed by atoms with Crippen molar-refractivity contribution in [2.45, 2.75) is 31.3 Å². The first-order valence-electron chi connectivity index (χ1n) is 10.1. The lowest BCUT2D eigenvalue weighted by Gasteiger charge is -2.45. The van der Waals surface area contributed by atoms with Gasteiger partial charge in [-0.25, -0.2) is 0 Å². The van der Waals surface area contributed by atoms with Crippen molar-refractivity contribution >= 4 is 0 Å². The van der Waals surface area contributed by atoms with Gasteiger partial charge in [-0.2, -0.15) is 13.2 Å². The van der Waals surface area contributed by atoms with Crippen molar-refractivity contribution in [1.29, 1.82) is 0 Å². The van der Waals surface area contributed by atoms with Gasteiger partial charge in [0.25, 0.3) is 0 Å². The molecule has 0 amide bonds. The van der Waals surface area contributed by atoms with Gasteiger partial charge < -0.3 is 4.74 Å². The Balaban J connectivity index is 1.43. The van der Waals surface area contributed by atoms with Gasteiger partial charge in [0.1, 0.15) is 0 Å². The van der Waals surface area contributed by atoms with E-state index in [0.29, 0.717) is 5.56 Å². The van der Waals surface area contributed by atoms with Crippen molar-refractivity contribution < 1.29 is 17.9 Å². The van der Waals surface area contributed by atoms with E-state index < -0.39 is 17.8 Å². The summed E-state index contributed by atoms with van der Waals surface area (Å²) in [5, 5.41) is 0. The minimum absolute atomic E-state index is 0.00975. The van der Waals surface area contributed by atoms with E-state index in [2.05, 4.69) is 29.2 Å². The molecule has 4 rings (SSSR count). The van der Waals surface area contributed by atoms with Crippen LogP contribution in [0.2, 0.25) is 0 Å². The standard InChI is InChI=1S/C25H24F3NO/c1-18(21-13-8-14-22(15-21)25(26,27)28)30-23-16-29(17-23)24(19-9-4-2-5-10-19)20-11-6-3-7-12-20/h2-15,18,23-24H,16-17H2,1H3. The van der Waals surface area contributed by atoms with Crippen LogP contribution in [0.4, 0.5) is 13.2 Å². The Morgan fingerprint density at radius 2 is 1.33 bits per heavy atom. The summed E-state index contributed by atoms with van der Waals surface area (Å²) in [5.41, 5.74) is 2.34. The molecule has 1 fully saturated rings. The molecular formula is C25H24F3NO. The van der Waals surface area contributed by atoms with Crippen molar-refractivity contribution in [3.05, 3.63) is 107 Å². The Bertz CT molecular complexity index is 913. The second-order valence-corrected chi connectivity index (χ2v) is 7.70. The molecule has 2 nitrogen and oxygen atoms in total. The highest BCUT2D eigenvalue weighted by molar-refractivity contribution is 5.32. The average Bonchev–Trinajstić information content (AvgIpc) is 2.73. The number of rotatable bonds is 6. The van der Waals surface area contributed by atoms with Crippen molar-refractivity contribution in [2.24, 2.45) is 0 Å². The van der Waals surface area contributed by atoms with E-state index in [0.717, 1.165) is 19.2 Å². The highest BCUT2D eigenvalue weighted by atomic mass is 19.4. The zero-order valence-electron chi connectivity index (χ0n) is 16.7. The monoisotopic (exact) mass is 411 g/mol. The van der Waals surface area contributed by atoms with Crippen LogP contribution >= 0.6 is 0 Å².